The Bertz CT molecular complexity index is 1670. The van der Waals surface area contributed by atoms with Crippen LogP contribution in [0.2, 0.25) is 0 Å². The lowest BCUT2D eigenvalue weighted by molar-refractivity contribution is 0.104. The highest BCUT2D eigenvalue weighted by Gasteiger charge is 2.29. The van der Waals surface area contributed by atoms with Crippen molar-refractivity contribution in [3.63, 3.8) is 0 Å². The largest absolute Gasteiger partial charge is 0.497 e. The van der Waals surface area contributed by atoms with Gasteiger partial charge in [-0.2, -0.15) is 5.10 Å². The Balaban J connectivity index is 1.19. The Hall–Kier alpha value is -5.22. The summed E-state index contributed by atoms with van der Waals surface area (Å²) in [5.74, 6) is 0.807. The van der Waals surface area contributed by atoms with Crippen molar-refractivity contribution in [1.29, 1.82) is 0 Å². The van der Waals surface area contributed by atoms with Crippen LogP contribution in [-0.2, 0) is 0 Å². The topological polar surface area (TPSA) is 41.9 Å². The van der Waals surface area contributed by atoms with E-state index < -0.39 is 0 Å². The van der Waals surface area contributed by atoms with Gasteiger partial charge in [-0.05, 0) is 70.3 Å². The molecule has 0 saturated carbocycles. The first-order valence-electron chi connectivity index (χ1n) is 13.7. The van der Waals surface area contributed by atoms with Gasteiger partial charge in [0.05, 0.1) is 24.6 Å². The van der Waals surface area contributed by atoms with Gasteiger partial charge in [0.25, 0.3) is 0 Å². The summed E-state index contributed by atoms with van der Waals surface area (Å²) in [4.78, 5) is 12.8. The van der Waals surface area contributed by atoms with E-state index in [1.165, 1.54) is 5.56 Å². The fourth-order valence-corrected chi connectivity index (χ4v) is 5.10. The van der Waals surface area contributed by atoms with Gasteiger partial charge in [-0.3, -0.25) is 9.80 Å². The molecule has 0 amide bonds. The van der Waals surface area contributed by atoms with Crippen LogP contribution < -0.4 is 9.75 Å². The molecule has 0 aromatic heterocycles. The highest BCUT2D eigenvalue weighted by molar-refractivity contribution is 6.07. The molecule has 0 aliphatic carbocycles. The third kappa shape index (κ3) is 5.87. The van der Waals surface area contributed by atoms with Crippen LogP contribution in [0.5, 0.6) is 5.75 Å². The number of ketones is 1. The maximum absolute atomic E-state index is 12.8. The fourth-order valence-electron chi connectivity index (χ4n) is 5.10. The zero-order chi connectivity index (χ0) is 28.0. The van der Waals surface area contributed by atoms with Crippen LogP contribution in [0, 0.1) is 0 Å². The third-order valence-electron chi connectivity index (χ3n) is 7.38. The monoisotopic (exact) mass is 534 g/mol. The number of anilines is 1. The highest BCUT2D eigenvalue weighted by Crippen LogP contribution is 2.37. The van der Waals surface area contributed by atoms with E-state index in [-0.39, 0.29) is 11.8 Å². The zero-order valence-corrected chi connectivity index (χ0v) is 22.9. The molecule has 0 bridgehead atoms. The average molecular weight is 535 g/mol. The van der Waals surface area contributed by atoms with E-state index >= 15 is 0 Å². The van der Waals surface area contributed by atoms with Crippen molar-refractivity contribution in [2.45, 2.75) is 12.5 Å². The third-order valence-corrected chi connectivity index (χ3v) is 7.38. The molecule has 1 aliphatic heterocycles. The van der Waals surface area contributed by atoms with Gasteiger partial charge >= 0.3 is 0 Å². The lowest BCUT2D eigenvalue weighted by Gasteiger charge is -2.24. The summed E-state index contributed by atoms with van der Waals surface area (Å²) in [5.41, 5.74) is 8.19. The van der Waals surface area contributed by atoms with Gasteiger partial charge in [0.15, 0.2) is 5.78 Å². The van der Waals surface area contributed by atoms with Crippen molar-refractivity contribution < 1.29 is 9.53 Å². The molecular weight excluding hydrogens is 504 g/mol. The minimum absolute atomic E-state index is 0.0221. The summed E-state index contributed by atoms with van der Waals surface area (Å²) >= 11 is 0. The molecule has 1 atom stereocenters. The van der Waals surface area contributed by atoms with Crippen molar-refractivity contribution in [3.8, 4) is 16.9 Å². The molecule has 4 nitrogen and oxygen atoms in total. The molecule has 0 spiro atoms. The average Bonchev–Trinajstić information content (AvgIpc) is 3.50. The molecule has 1 heterocycles. The van der Waals surface area contributed by atoms with Gasteiger partial charge in [-0.25, -0.2) is 0 Å². The fraction of sp³-hybridized carbons (Fsp3) is 0.0811. The van der Waals surface area contributed by atoms with Crippen molar-refractivity contribution in [2.24, 2.45) is 5.10 Å². The molecule has 0 fully saturated rings. The Morgan fingerprint density at radius 3 is 2.00 bits per heavy atom. The Labute approximate surface area is 240 Å². The van der Waals surface area contributed by atoms with Crippen LogP contribution in [0.25, 0.3) is 17.2 Å². The van der Waals surface area contributed by atoms with Gasteiger partial charge in [-0.15, -0.1) is 0 Å². The molecule has 0 N–H and O–H groups in total. The number of ether oxygens (including phenoxy) is 1. The Morgan fingerprint density at radius 1 is 0.732 bits per heavy atom. The maximum atomic E-state index is 12.8. The molecule has 0 saturated heterocycles. The molecule has 200 valence electrons. The van der Waals surface area contributed by atoms with E-state index in [2.05, 4.69) is 65.7 Å². The summed E-state index contributed by atoms with van der Waals surface area (Å²) in [7, 11) is 1.67. The van der Waals surface area contributed by atoms with E-state index in [4.69, 9.17) is 9.84 Å². The van der Waals surface area contributed by atoms with E-state index in [1.54, 1.807) is 13.2 Å². The van der Waals surface area contributed by atoms with Crippen molar-refractivity contribution in [3.05, 3.63) is 162 Å². The number of allylic oxidation sites excluding steroid dienone is 1. The number of hydrogen-bond donors (Lipinski definition) is 0. The minimum atomic E-state index is -0.0221. The van der Waals surface area contributed by atoms with Crippen LogP contribution in [0.4, 0.5) is 5.69 Å². The molecule has 1 aliphatic rings. The van der Waals surface area contributed by atoms with Crippen LogP contribution in [0.3, 0.4) is 0 Å². The summed E-state index contributed by atoms with van der Waals surface area (Å²) in [6.07, 6.45) is 4.30. The number of carbonyl (C=O) groups is 1. The minimum Gasteiger partial charge on any atom is -0.497 e. The van der Waals surface area contributed by atoms with Gasteiger partial charge in [-0.1, -0.05) is 103 Å². The molecular formula is C37H30N2O2. The standard InChI is InChI=1S/C37H30N2O2/c1-41-34-23-19-30(20-24-34)35-26-36(31-10-6-3-7-11-31)39(38-35)33-21-12-27(13-22-33)14-25-37(40)32-17-15-29(16-18-32)28-8-4-2-5-9-28/h2-25,36H,26H2,1H3/b25-14+/t36-/m1/s1. The Morgan fingerprint density at radius 2 is 1.34 bits per heavy atom. The molecule has 4 heteroatoms. The maximum Gasteiger partial charge on any atom is 0.185 e. The predicted molar refractivity (Wildman–Crippen MR) is 167 cm³/mol. The lowest BCUT2D eigenvalue weighted by atomic mass is 9.98. The number of nitrogens with zero attached hydrogens (tertiary/aromatic N) is 2. The smallest absolute Gasteiger partial charge is 0.185 e. The van der Waals surface area contributed by atoms with Crippen LogP contribution >= 0.6 is 0 Å². The summed E-state index contributed by atoms with van der Waals surface area (Å²) in [6, 6.07) is 44.7. The van der Waals surface area contributed by atoms with E-state index in [0.717, 1.165) is 45.8 Å². The number of carbonyl (C=O) groups excluding carboxylic acids is 1. The summed E-state index contributed by atoms with van der Waals surface area (Å²) in [5, 5.41) is 7.15. The summed E-state index contributed by atoms with van der Waals surface area (Å²) in [6.45, 7) is 0. The number of hydrogen-bond acceptors (Lipinski definition) is 4. The number of rotatable bonds is 8. The lowest BCUT2D eigenvalue weighted by Crippen LogP contribution is -2.18. The van der Waals surface area contributed by atoms with E-state index in [9.17, 15) is 4.79 Å². The molecule has 6 rings (SSSR count). The molecule has 0 unspecified atom stereocenters. The van der Waals surface area contributed by atoms with Crippen molar-refractivity contribution in [2.75, 3.05) is 12.1 Å². The zero-order valence-electron chi connectivity index (χ0n) is 22.9. The summed E-state index contributed by atoms with van der Waals surface area (Å²) < 4.78 is 5.33. The van der Waals surface area contributed by atoms with Gasteiger partial charge in [0.2, 0.25) is 0 Å². The second-order valence-electron chi connectivity index (χ2n) is 9.98. The first kappa shape index (κ1) is 26.0. The second kappa shape index (κ2) is 11.9. The van der Waals surface area contributed by atoms with Gasteiger partial charge in [0.1, 0.15) is 5.75 Å². The predicted octanol–water partition coefficient (Wildman–Crippen LogP) is 8.61. The van der Waals surface area contributed by atoms with Crippen molar-refractivity contribution >= 4 is 23.3 Å². The normalized spacial score (nSPS) is 14.7. The van der Waals surface area contributed by atoms with Gasteiger partial charge < -0.3 is 4.74 Å². The molecule has 0 radical (unpaired) electrons. The van der Waals surface area contributed by atoms with Crippen LogP contribution in [-0.4, -0.2) is 18.6 Å². The second-order valence-corrected chi connectivity index (χ2v) is 9.98. The van der Waals surface area contributed by atoms with Crippen LogP contribution in [0.1, 0.15) is 39.5 Å². The first-order valence-corrected chi connectivity index (χ1v) is 13.7. The van der Waals surface area contributed by atoms with E-state index in [1.807, 2.05) is 78.9 Å². The van der Waals surface area contributed by atoms with Crippen LogP contribution in [0.15, 0.2) is 145 Å². The quantitative estimate of drug-likeness (QED) is 0.148. The SMILES string of the molecule is COc1ccc(C2=NN(c3ccc(/C=C/C(=O)c4ccc(-c5ccccc5)cc4)cc3)[C@@H](c3ccccc3)C2)cc1. The number of methoxy groups -OCH3 is 1. The van der Waals surface area contributed by atoms with E-state index in [0.29, 0.717) is 5.56 Å². The number of hydrazone groups is 1. The highest BCUT2D eigenvalue weighted by atomic mass is 16.5. The number of benzene rings is 5. The van der Waals surface area contributed by atoms with Gasteiger partial charge in [0, 0.05) is 12.0 Å². The Kier molecular flexibility index (Phi) is 7.55. The molecule has 41 heavy (non-hydrogen) atoms. The molecule has 5 aromatic rings. The molecule has 5 aromatic carbocycles. The first-order chi connectivity index (χ1) is 20.2. The van der Waals surface area contributed by atoms with Crippen molar-refractivity contribution in [1.82, 2.24) is 0 Å².